The van der Waals surface area contributed by atoms with Gasteiger partial charge in [-0.15, -0.1) is 22.1 Å². The van der Waals surface area contributed by atoms with Crippen molar-refractivity contribution in [3.63, 3.8) is 0 Å². The summed E-state index contributed by atoms with van der Waals surface area (Å²) in [4.78, 5) is 45.8. The molecule has 10 heterocycles. The Morgan fingerprint density at radius 3 is 0.738 bits per heavy atom. The number of allylic oxidation sites excluding steroid dienone is 8. The topological polar surface area (TPSA) is 111 Å². The molecule has 0 atom stereocenters. The molecule has 145 heavy (non-hydrogen) atoms. The van der Waals surface area contributed by atoms with Gasteiger partial charge in [-0.3, -0.25) is 0 Å². The summed E-state index contributed by atoms with van der Waals surface area (Å²) in [6, 6.07) is 44.2. The molecule has 4 aliphatic rings. The van der Waals surface area contributed by atoms with Crippen LogP contribution in [-0.2, 0) is 66.8 Å². The SMILES string of the molecule is CCCCCCC1=C(C)c2nc1cc1[n-]c(c(C)c1CCCCCC)c(-c1ccc(-c3ccc(-c4c5nc(cc6[nH]c(c(C)c6CCCCCC)c(-c6cc(C(C)(C)C)cc(C(C)(C)C)c6)c6nc(cc7[nH]c4c(C)c7CCCCCC)C(CCCCCC)=C6C)C(CCCCCC)=C5C)cc3)cc1)c1nc(cc3[n-]c(c(C)c3CCCCCC)c2-c2cc(C(C)(C)C)cc(C(C)(C)C)c2)C(CCCCCC)=C1C.[Zn+2]. The van der Waals surface area contributed by atoms with Gasteiger partial charge in [0.2, 0.25) is 0 Å². The summed E-state index contributed by atoms with van der Waals surface area (Å²) < 4.78 is 0. The summed E-state index contributed by atoms with van der Waals surface area (Å²) in [5, 5.41) is 0. The van der Waals surface area contributed by atoms with Crippen LogP contribution in [0.25, 0.3) is 144 Å². The number of H-pyrrole nitrogens is 2. The fourth-order valence-corrected chi connectivity index (χ4v) is 23.3. The van der Waals surface area contributed by atoms with Crippen molar-refractivity contribution >= 4 is 88.7 Å². The number of aromatic amines is 2. The molecule has 0 fully saturated rings. The minimum atomic E-state index is -0.107. The zero-order valence-electron chi connectivity index (χ0n) is 96.1. The van der Waals surface area contributed by atoms with E-state index >= 15 is 0 Å². The van der Waals surface area contributed by atoms with E-state index in [0.717, 1.165) is 209 Å². The second-order valence-corrected chi connectivity index (χ2v) is 48.0. The van der Waals surface area contributed by atoms with E-state index in [0.29, 0.717) is 0 Å². The normalized spacial score (nSPS) is 13.4. The molecular weight excluding hydrogens is 1810 g/mol. The average molecular weight is 2000 g/mol. The van der Waals surface area contributed by atoms with Crippen LogP contribution in [0.2, 0.25) is 0 Å². The number of unbranched alkanes of at least 4 members (excludes halogenated alkanes) is 24. The van der Waals surface area contributed by atoms with E-state index in [1.807, 2.05) is 0 Å². The standard InChI is InChI=1S/C136H184N8.Zn/c1-29-37-45-53-61-105-87(9)125-121(126-88(10)106(62-54-46-38-30-2)114(138-126)84-118-110(66-58-50-42-34-6)92(14)130(142-118)123(99-77-101(133(17,18)19)81-102(78-99)134(20,21)22)129-91(13)109(65-57-49-41-33-5)117(141-129)83-113(105)137-125)97-73-69-95(70-74-97)96-71-75-98(76-72-96)122-127-89(11)107(63-55-47-39-31-3)115(139-127)85-119-111(67-59-51-43-35-7)93(15)131(143-119)124(100-79-103(135(23,24)25)82-104(80-100)136(26,27)28)132-94(16)112(68-60-52-44-36-8)120(144-132)86-116-108(64-56-48-40-32-4)90(12)128(122)140-116;/h69-86,137,142H,29-68H2,1-28H3;/q-2;+2. The fourth-order valence-electron chi connectivity index (χ4n) is 23.3. The third kappa shape index (κ3) is 25.9. The van der Waals surface area contributed by atoms with Crippen LogP contribution in [0.15, 0.2) is 109 Å². The van der Waals surface area contributed by atoms with Crippen molar-refractivity contribution in [3.8, 4) is 55.6 Å². The number of fused-ring (bicyclic) bond motifs is 16. The van der Waals surface area contributed by atoms with E-state index in [2.05, 4.69) is 313 Å². The molecule has 0 saturated carbocycles. The number of benzene rings is 4. The minimum Gasteiger partial charge on any atom is -0.657 e. The van der Waals surface area contributed by atoms with Gasteiger partial charge < -0.3 is 19.9 Å². The van der Waals surface area contributed by atoms with Crippen LogP contribution in [0.1, 0.15) is 510 Å². The first kappa shape index (κ1) is 113. The molecule has 10 aromatic rings. The number of aromatic nitrogens is 8. The first-order chi connectivity index (χ1) is 69.0. The summed E-state index contributed by atoms with van der Waals surface area (Å²) in [6.07, 6.45) is 45.1. The van der Waals surface area contributed by atoms with Gasteiger partial charge in [-0.1, -0.05) is 412 Å². The van der Waals surface area contributed by atoms with Crippen LogP contribution >= 0.6 is 0 Å². The molecule has 0 spiro atoms. The molecule has 0 aliphatic carbocycles. The maximum atomic E-state index is 6.20. The van der Waals surface area contributed by atoms with Gasteiger partial charge >= 0.3 is 19.5 Å². The Morgan fingerprint density at radius 2 is 0.462 bits per heavy atom. The second kappa shape index (κ2) is 50.3. The Morgan fingerprint density at radius 1 is 0.234 bits per heavy atom. The summed E-state index contributed by atoms with van der Waals surface area (Å²) in [5.74, 6) is 0. The van der Waals surface area contributed by atoms with Crippen LogP contribution in [0.3, 0.4) is 0 Å². The van der Waals surface area contributed by atoms with Crippen LogP contribution < -0.4 is 9.97 Å². The van der Waals surface area contributed by atoms with Gasteiger partial charge in [-0.05, 0) is 326 Å². The van der Waals surface area contributed by atoms with Crippen molar-refractivity contribution in [3.05, 3.63) is 222 Å². The number of hydrogen-bond donors (Lipinski definition) is 2. The summed E-state index contributed by atoms with van der Waals surface area (Å²) in [5.41, 5.74) is 55.1. The molecular formula is C136H184N8Zn. The van der Waals surface area contributed by atoms with E-state index in [4.69, 9.17) is 29.9 Å². The van der Waals surface area contributed by atoms with Gasteiger partial charge in [-0.25, -0.2) is 19.9 Å². The van der Waals surface area contributed by atoms with Gasteiger partial charge in [0.1, 0.15) is 0 Å². The molecule has 9 heteroatoms. The fraction of sp³-hybridized carbons (Fsp3) is 0.529. The van der Waals surface area contributed by atoms with Gasteiger partial charge in [-0.2, -0.15) is 0 Å². The number of aryl methyl sites for hydroxylation is 8. The van der Waals surface area contributed by atoms with Crippen LogP contribution in [0, 0.1) is 27.7 Å². The zero-order chi connectivity index (χ0) is 103. The molecule has 4 aromatic carbocycles. The van der Waals surface area contributed by atoms with E-state index in [1.165, 1.54) is 304 Å². The maximum absolute atomic E-state index is 6.20. The number of hydrogen-bond acceptors (Lipinski definition) is 4. The van der Waals surface area contributed by atoms with Gasteiger partial charge in [0.05, 0.1) is 56.6 Å². The Balaban J connectivity index is 0.0000176. The number of rotatable bonds is 45. The Bertz CT molecular complexity index is 6240. The van der Waals surface area contributed by atoms with E-state index in [9.17, 15) is 0 Å². The van der Waals surface area contributed by atoms with E-state index in [-0.39, 0.29) is 41.1 Å². The molecule has 2 N–H and O–H groups in total. The predicted octanol–water partition coefficient (Wildman–Crippen LogP) is 41.1. The third-order valence-electron chi connectivity index (χ3n) is 32.8. The molecule has 14 rings (SSSR count). The molecule has 8 nitrogen and oxygen atoms in total. The number of nitrogens with zero attached hydrogens (tertiary/aromatic N) is 6. The third-order valence-corrected chi connectivity index (χ3v) is 32.8. The summed E-state index contributed by atoms with van der Waals surface area (Å²) in [6.45, 7) is 66.5. The first-order valence-corrected chi connectivity index (χ1v) is 57.8. The molecule has 0 radical (unpaired) electrons. The van der Waals surface area contributed by atoms with Crippen molar-refractivity contribution in [2.45, 2.75) is 472 Å². The van der Waals surface area contributed by atoms with Crippen molar-refractivity contribution < 1.29 is 19.5 Å². The second-order valence-electron chi connectivity index (χ2n) is 48.0. The van der Waals surface area contributed by atoms with Crippen LogP contribution in [0.4, 0.5) is 0 Å². The molecule has 6 aromatic heterocycles. The van der Waals surface area contributed by atoms with Gasteiger partial charge in [0.25, 0.3) is 0 Å². The maximum Gasteiger partial charge on any atom is 2.00 e. The molecule has 0 unspecified atom stereocenters. The van der Waals surface area contributed by atoms with E-state index in [1.54, 1.807) is 0 Å². The Labute approximate surface area is 891 Å². The minimum absolute atomic E-state index is 0. The average Bonchev–Trinajstić information content (AvgIpc) is 1.57. The van der Waals surface area contributed by atoms with Crippen molar-refractivity contribution in [2.24, 2.45) is 0 Å². The molecule has 0 saturated heterocycles. The number of nitrogens with one attached hydrogen (secondary N) is 2. The monoisotopic (exact) mass is 1990 g/mol. The van der Waals surface area contributed by atoms with Crippen LogP contribution in [-0.4, -0.2) is 29.9 Å². The van der Waals surface area contributed by atoms with Crippen LogP contribution in [0.5, 0.6) is 0 Å². The van der Waals surface area contributed by atoms with Gasteiger partial charge in [0.15, 0.2) is 0 Å². The Hall–Kier alpha value is -9.30. The van der Waals surface area contributed by atoms with Crippen molar-refractivity contribution in [1.82, 2.24) is 39.9 Å². The smallest absolute Gasteiger partial charge is 0.657 e. The summed E-state index contributed by atoms with van der Waals surface area (Å²) in [7, 11) is 0. The van der Waals surface area contributed by atoms with Crippen molar-refractivity contribution in [2.75, 3.05) is 0 Å². The van der Waals surface area contributed by atoms with Gasteiger partial charge in [0, 0.05) is 22.2 Å². The molecule has 770 valence electrons. The largest absolute Gasteiger partial charge is 2.00 e. The summed E-state index contributed by atoms with van der Waals surface area (Å²) >= 11 is 0. The van der Waals surface area contributed by atoms with E-state index < -0.39 is 0 Å². The first-order valence-electron chi connectivity index (χ1n) is 57.8. The quantitative estimate of drug-likeness (QED) is 0.0291. The zero-order valence-corrected chi connectivity index (χ0v) is 99.0. The predicted molar refractivity (Wildman–Crippen MR) is 631 cm³/mol. The molecule has 4 aliphatic heterocycles. The molecule has 0 amide bonds. The van der Waals surface area contributed by atoms with Crippen molar-refractivity contribution in [1.29, 1.82) is 0 Å². The Kier molecular flexibility index (Phi) is 39.2. The molecule has 16 bridgehead atoms.